The summed E-state index contributed by atoms with van der Waals surface area (Å²) in [6.07, 6.45) is 1.92. The van der Waals surface area contributed by atoms with Crippen LogP contribution in [0.4, 0.5) is 0 Å². The van der Waals surface area contributed by atoms with Gasteiger partial charge < -0.3 is 19.8 Å². The summed E-state index contributed by atoms with van der Waals surface area (Å²) in [7, 11) is 3.35. The summed E-state index contributed by atoms with van der Waals surface area (Å²) in [5.41, 5.74) is 2.25. The number of nitrogens with one attached hydrogen (secondary N) is 2. The van der Waals surface area contributed by atoms with Crippen molar-refractivity contribution in [3.8, 4) is 11.5 Å². The van der Waals surface area contributed by atoms with E-state index in [0.717, 1.165) is 29.3 Å². The van der Waals surface area contributed by atoms with Gasteiger partial charge in [0.05, 0.1) is 14.2 Å². The third-order valence-corrected chi connectivity index (χ3v) is 3.16. The lowest BCUT2D eigenvalue weighted by Gasteiger charge is -2.18. The molecule has 102 valence electrons. The predicted octanol–water partition coefficient (Wildman–Crippen LogP) is 2.88. The zero-order valence-electron chi connectivity index (χ0n) is 11.6. The number of aromatic nitrogens is 1. The Morgan fingerprint density at radius 2 is 2.05 bits per heavy atom. The molecule has 2 aromatic rings. The molecule has 4 nitrogen and oxygen atoms in total. The number of rotatable bonds is 6. The van der Waals surface area contributed by atoms with E-state index in [9.17, 15) is 0 Å². The largest absolute Gasteiger partial charge is 0.497 e. The average molecular weight is 260 g/mol. The van der Waals surface area contributed by atoms with Crippen molar-refractivity contribution in [3.05, 3.63) is 47.8 Å². The highest BCUT2D eigenvalue weighted by Crippen LogP contribution is 2.29. The van der Waals surface area contributed by atoms with Crippen molar-refractivity contribution < 1.29 is 9.47 Å². The molecule has 2 rings (SSSR count). The minimum atomic E-state index is 0.174. The summed E-state index contributed by atoms with van der Waals surface area (Å²) in [5, 5.41) is 3.46. The van der Waals surface area contributed by atoms with Crippen LogP contribution in [0.3, 0.4) is 0 Å². The fraction of sp³-hybridized carbons (Fsp3) is 0.333. The third-order valence-electron chi connectivity index (χ3n) is 3.16. The van der Waals surface area contributed by atoms with Crippen LogP contribution in [0.2, 0.25) is 0 Å². The third kappa shape index (κ3) is 3.29. The summed E-state index contributed by atoms with van der Waals surface area (Å²) >= 11 is 0. The second-order valence-electron chi connectivity index (χ2n) is 4.41. The molecule has 19 heavy (non-hydrogen) atoms. The molecule has 0 fully saturated rings. The van der Waals surface area contributed by atoms with Gasteiger partial charge in [-0.05, 0) is 37.3 Å². The summed E-state index contributed by atoms with van der Waals surface area (Å²) in [4.78, 5) is 3.18. The molecule has 1 unspecified atom stereocenters. The van der Waals surface area contributed by atoms with Gasteiger partial charge in [-0.15, -0.1) is 0 Å². The number of hydrogen-bond acceptors (Lipinski definition) is 3. The lowest BCUT2D eigenvalue weighted by atomic mass is 10.1. The lowest BCUT2D eigenvalue weighted by molar-refractivity contribution is 0.391. The highest BCUT2D eigenvalue weighted by molar-refractivity contribution is 5.42. The number of methoxy groups -OCH3 is 2. The van der Waals surface area contributed by atoms with Crippen LogP contribution in [0.15, 0.2) is 36.5 Å². The number of benzene rings is 1. The van der Waals surface area contributed by atoms with E-state index in [2.05, 4.69) is 23.3 Å². The van der Waals surface area contributed by atoms with Crippen LogP contribution in [-0.2, 0) is 6.54 Å². The van der Waals surface area contributed by atoms with E-state index in [1.807, 2.05) is 30.5 Å². The standard InChI is InChI=1S/C15H20N2O2/c1-11(17-10-12-5-4-8-16-12)14-9-13(18-2)6-7-15(14)19-3/h4-9,11,16-17H,10H2,1-3H3. The van der Waals surface area contributed by atoms with E-state index in [4.69, 9.17) is 9.47 Å². The Morgan fingerprint density at radius 3 is 2.68 bits per heavy atom. The monoisotopic (exact) mass is 260 g/mol. The van der Waals surface area contributed by atoms with Crippen LogP contribution >= 0.6 is 0 Å². The smallest absolute Gasteiger partial charge is 0.123 e. The van der Waals surface area contributed by atoms with Crippen molar-refractivity contribution in [1.29, 1.82) is 0 Å². The molecule has 0 bridgehead atoms. The SMILES string of the molecule is COc1ccc(OC)c(C(C)NCc2ccc[nH]2)c1. The Labute approximate surface area is 113 Å². The summed E-state index contributed by atoms with van der Waals surface area (Å²) in [5.74, 6) is 1.71. The van der Waals surface area contributed by atoms with Crippen LogP contribution < -0.4 is 14.8 Å². The van der Waals surface area contributed by atoms with E-state index in [1.54, 1.807) is 14.2 Å². The minimum Gasteiger partial charge on any atom is -0.497 e. The Hall–Kier alpha value is -1.94. The first kappa shape index (κ1) is 13.5. The minimum absolute atomic E-state index is 0.174. The van der Waals surface area contributed by atoms with Gasteiger partial charge in [0.1, 0.15) is 11.5 Å². The van der Waals surface area contributed by atoms with Gasteiger partial charge in [0, 0.05) is 30.0 Å². The van der Waals surface area contributed by atoms with Crippen LogP contribution in [-0.4, -0.2) is 19.2 Å². The van der Waals surface area contributed by atoms with Gasteiger partial charge >= 0.3 is 0 Å². The van der Waals surface area contributed by atoms with E-state index in [1.165, 1.54) is 0 Å². The van der Waals surface area contributed by atoms with E-state index < -0.39 is 0 Å². The molecule has 0 spiro atoms. The Balaban J connectivity index is 2.10. The van der Waals surface area contributed by atoms with Gasteiger partial charge in [0.25, 0.3) is 0 Å². The summed E-state index contributed by atoms with van der Waals surface area (Å²) < 4.78 is 10.7. The molecule has 0 aliphatic rings. The first-order valence-electron chi connectivity index (χ1n) is 6.32. The van der Waals surface area contributed by atoms with Gasteiger partial charge in [-0.1, -0.05) is 0 Å². The molecule has 1 aromatic carbocycles. The molecular formula is C15H20N2O2. The normalized spacial score (nSPS) is 12.2. The topological polar surface area (TPSA) is 46.3 Å². The van der Waals surface area contributed by atoms with Gasteiger partial charge in [0.15, 0.2) is 0 Å². The molecule has 4 heteroatoms. The fourth-order valence-electron chi connectivity index (χ4n) is 2.03. The number of aromatic amines is 1. The van der Waals surface area contributed by atoms with Crippen molar-refractivity contribution >= 4 is 0 Å². The van der Waals surface area contributed by atoms with Crippen molar-refractivity contribution in [2.24, 2.45) is 0 Å². The molecular weight excluding hydrogens is 240 g/mol. The second kappa shape index (κ2) is 6.29. The highest BCUT2D eigenvalue weighted by Gasteiger charge is 2.12. The molecule has 0 aliphatic carbocycles. The fourth-order valence-corrected chi connectivity index (χ4v) is 2.03. The van der Waals surface area contributed by atoms with Gasteiger partial charge in [-0.2, -0.15) is 0 Å². The summed E-state index contributed by atoms with van der Waals surface area (Å²) in [6, 6.07) is 10.1. The average Bonchev–Trinajstić information content (AvgIpc) is 2.97. The maximum absolute atomic E-state index is 5.40. The van der Waals surface area contributed by atoms with E-state index in [0.29, 0.717) is 0 Å². The first-order valence-corrected chi connectivity index (χ1v) is 6.32. The Morgan fingerprint density at radius 1 is 1.21 bits per heavy atom. The zero-order valence-corrected chi connectivity index (χ0v) is 11.6. The molecule has 0 aliphatic heterocycles. The molecule has 1 heterocycles. The molecule has 0 radical (unpaired) electrons. The van der Waals surface area contributed by atoms with Gasteiger partial charge in [-0.3, -0.25) is 0 Å². The molecule has 1 atom stereocenters. The van der Waals surface area contributed by atoms with Crippen LogP contribution in [0.5, 0.6) is 11.5 Å². The van der Waals surface area contributed by atoms with E-state index in [-0.39, 0.29) is 6.04 Å². The van der Waals surface area contributed by atoms with Crippen LogP contribution in [0.25, 0.3) is 0 Å². The zero-order chi connectivity index (χ0) is 13.7. The molecule has 1 aromatic heterocycles. The van der Waals surface area contributed by atoms with Crippen molar-refractivity contribution in [3.63, 3.8) is 0 Å². The van der Waals surface area contributed by atoms with Crippen molar-refractivity contribution in [1.82, 2.24) is 10.3 Å². The quantitative estimate of drug-likeness (QED) is 0.839. The number of hydrogen-bond donors (Lipinski definition) is 2. The second-order valence-corrected chi connectivity index (χ2v) is 4.41. The molecule has 2 N–H and O–H groups in total. The highest BCUT2D eigenvalue weighted by atomic mass is 16.5. The van der Waals surface area contributed by atoms with Crippen LogP contribution in [0, 0.1) is 0 Å². The maximum Gasteiger partial charge on any atom is 0.123 e. The number of ether oxygens (including phenoxy) is 2. The first-order chi connectivity index (χ1) is 9.24. The van der Waals surface area contributed by atoms with Crippen LogP contribution in [0.1, 0.15) is 24.2 Å². The maximum atomic E-state index is 5.40. The van der Waals surface area contributed by atoms with Gasteiger partial charge in [-0.25, -0.2) is 0 Å². The Kier molecular flexibility index (Phi) is 4.47. The lowest BCUT2D eigenvalue weighted by Crippen LogP contribution is -2.19. The van der Waals surface area contributed by atoms with Crippen molar-refractivity contribution in [2.75, 3.05) is 14.2 Å². The van der Waals surface area contributed by atoms with E-state index >= 15 is 0 Å². The molecule has 0 saturated heterocycles. The predicted molar refractivity (Wildman–Crippen MR) is 75.6 cm³/mol. The molecule has 0 saturated carbocycles. The Bertz CT molecular complexity index is 509. The van der Waals surface area contributed by atoms with Gasteiger partial charge in [0.2, 0.25) is 0 Å². The number of H-pyrrole nitrogens is 1. The summed E-state index contributed by atoms with van der Waals surface area (Å²) in [6.45, 7) is 2.90. The molecule has 0 amide bonds. The van der Waals surface area contributed by atoms with Crippen molar-refractivity contribution in [2.45, 2.75) is 19.5 Å².